The van der Waals surface area contributed by atoms with E-state index < -0.39 is 5.97 Å². The van der Waals surface area contributed by atoms with Gasteiger partial charge in [0.25, 0.3) is 0 Å². The number of allylic oxidation sites excluding steroid dienone is 4. The molecule has 20 heavy (non-hydrogen) atoms. The van der Waals surface area contributed by atoms with Crippen LogP contribution in [0.5, 0.6) is 0 Å². The number of rotatable bonds is 14. The summed E-state index contributed by atoms with van der Waals surface area (Å²) in [4.78, 5) is 10.3. The summed E-state index contributed by atoms with van der Waals surface area (Å²) in [6.07, 6.45) is 22.3. The van der Waals surface area contributed by atoms with Crippen molar-refractivity contribution in [3.63, 3.8) is 0 Å². The summed E-state index contributed by atoms with van der Waals surface area (Å²) in [6.45, 7) is 2.22. The standard InChI is InChI=1S/C18H32O2/c1-2-3-4-5-6-7-8-9-10-11-12-13-14-15-16-17-18(19)20/h5-6,8-9H,2-4,7,10-17H2,1H3,(H,19,20). The first-order chi connectivity index (χ1) is 9.77. The van der Waals surface area contributed by atoms with Gasteiger partial charge in [-0.15, -0.1) is 0 Å². The van der Waals surface area contributed by atoms with Gasteiger partial charge in [0.15, 0.2) is 0 Å². The Morgan fingerprint density at radius 2 is 1.35 bits per heavy atom. The van der Waals surface area contributed by atoms with Gasteiger partial charge in [-0.2, -0.15) is 0 Å². The second-order valence-electron chi connectivity index (χ2n) is 5.37. The monoisotopic (exact) mass is 280 g/mol. The molecule has 0 radical (unpaired) electrons. The Bertz CT molecular complexity index is 267. The zero-order valence-corrected chi connectivity index (χ0v) is 13.2. The number of hydrogen-bond acceptors (Lipinski definition) is 1. The van der Waals surface area contributed by atoms with E-state index in [-0.39, 0.29) is 0 Å². The van der Waals surface area contributed by atoms with Gasteiger partial charge in [-0.25, -0.2) is 0 Å². The summed E-state index contributed by atoms with van der Waals surface area (Å²) in [5, 5.41) is 8.50. The quantitative estimate of drug-likeness (QED) is 0.318. The number of aliphatic carboxylic acids is 1. The number of unbranched alkanes of at least 4 members (excludes halogenated alkanes) is 8. The molecule has 0 aromatic carbocycles. The zero-order valence-electron chi connectivity index (χ0n) is 13.2. The van der Waals surface area contributed by atoms with Crippen LogP contribution < -0.4 is 0 Å². The van der Waals surface area contributed by atoms with Gasteiger partial charge >= 0.3 is 5.97 Å². The molecule has 0 spiro atoms. The summed E-state index contributed by atoms with van der Waals surface area (Å²) >= 11 is 0. The van der Waals surface area contributed by atoms with Crippen LogP contribution in [-0.2, 0) is 4.79 Å². The molecule has 1 N–H and O–H groups in total. The normalized spacial score (nSPS) is 11.7. The van der Waals surface area contributed by atoms with Crippen molar-refractivity contribution in [1.82, 2.24) is 0 Å². The van der Waals surface area contributed by atoms with E-state index in [4.69, 9.17) is 5.11 Å². The molecule has 0 heterocycles. The number of carboxylic acid groups (broad SMARTS) is 1. The Labute approximate surface area is 125 Å². The third-order valence-corrected chi connectivity index (χ3v) is 3.34. The summed E-state index contributed by atoms with van der Waals surface area (Å²) in [5.41, 5.74) is 0. The molecule has 0 aliphatic rings. The third kappa shape index (κ3) is 16.9. The highest BCUT2D eigenvalue weighted by Gasteiger charge is 1.95. The first-order valence-corrected chi connectivity index (χ1v) is 8.29. The van der Waals surface area contributed by atoms with E-state index in [0.717, 1.165) is 19.3 Å². The lowest BCUT2D eigenvalue weighted by Gasteiger charge is -1.99. The molecule has 0 bridgehead atoms. The van der Waals surface area contributed by atoms with Crippen LogP contribution in [-0.4, -0.2) is 11.1 Å². The summed E-state index contributed by atoms with van der Waals surface area (Å²) in [6, 6.07) is 0. The zero-order chi connectivity index (χ0) is 14.9. The van der Waals surface area contributed by atoms with Crippen molar-refractivity contribution < 1.29 is 9.90 Å². The molecule has 0 unspecified atom stereocenters. The third-order valence-electron chi connectivity index (χ3n) is 3.34. The number of carboxylic acids is 1. The molecule has 0 amide bonds. The van der Waals surface area contributed by atoms with Gasteiger partial charge < -0.3 is 5.11 Å². The Balaban J connectivity index is 3.15. The molecule has 0 aromatic heterocycles. The molecular weight excluding hydrogens is 248 g/mol. The van der Waals surface area contributed by atoms with E-state index in [1.54, 1.807) is 0 Å². The van der Waals surface area contributed by atoms with Crippen molar-refractivity contribution in [2.24, 2.45) is 0 Å². The van der Waals surface area contributed by atoms with Gasteiger partial charge in [-0.1, -0.05) is 69.8 Å². The molecule has 0 saturated heterocycles. The van der Waals surface area contributed by atoms with Crippen LogP contribution in [0, 0.1) is 0 Å². The molecule has 0 aliphatic carbocycles. The van der Waals surface area contributed by atoms with E-state index in [1.807, 2.05) is 0 Å². The number of carbonyl (C=O) groups is 1. The fourth-order valence-corrected chi connectivity index (χ4v) is 2.07. The van der Waals surface area contributed by atoms with Gasteiger partial charge in [-0.3, -0.25) is 4.79 Å². The summed E-state index contributed by atoms with van der Waals surface area (Å²) < 4.78 is 0. The number of hydrogen-bond donors (Lipinski definition) is 1. The molecule has 0 fully saturated rings. The highest BCUT2D eigenvalue weighted by molar-refractivity contribution is 5.66. The van der Waals surface area contributed by atoms with E-state index in [0.29, 0.717) is 6.42 Å². The molecular formula is C18H32O2. The molecule has 0 saturated carbocycles. The molecule has 0 aliphatic heterocycles. The SMILES string of the molecule is CCCCC=CCC=CCCCCCCCCC(=O)O. The van der Waals surface area contributed by atoms with Gasteiger partial charge in [0.05, 0.1) is 0 Å². The second-order valence-corrected chi connectivity index (χ2v) is 5.37. The highest BCUT2D eigenvalue weighted by atomic mass is 16.4. The minimum atomic E-state index is -0.668. The summed E-state index contributed by atoms with van der Waals surface area (Å²) in [5.74, 6) is -0.668. The van der Waals surface area contributed by atoms with Crippen LogP contribution in [0.3, 0.4) is 0 Å². The topological polar surface area (TPSA) is 37.3 Å². The van der Waals surface area contributed by atoms with Crippen molar-refractivity contribution in [2.75, 3.05) is 0 Å². The molecule has 0 aromatic rings. The minimum absolute atomic E-state index is 0.328. The lowest BCUT2D eigenvalue weighted by molar-refractivity contribution is -0.137. The fourth-order valence-electron chi connectivity index (χ4n) is 2.07. The first-order valence-electron chi connectivity index (χ1n) is 8.29. The molecule has 0 atom stereocenters. The molecule has 116 valence electrons. The van der Waals surface area contributed by atoms with Crippen molar-refractivity contribution in [3.8, 4) is 0 Å². The van der Waals surface area contributed by atoms with E-state index in [2.05, 4.69) is 31.2 Å². The van der Waals surface area contributed by atoms with E-state index in [9.17, 15) is 4.79 Å². The average molecular weight is 280 g/mol. The van der Waals surface area contributed by atoms with Crippen LogP contribution in [0.4, 0.5) is 0 Å². The lowest BCUT2D eigenvalue weighted by Crippen LogP contribution is -1.93. The van der Waals surface area contributed by atoms with Crippen LogP contribution in [0.15, 0.2) is 24.3 Å². The molecule has 0 rings (SSSR count). The smallest absolute Gasteiger partial charge is 0.303 e. The van der Waals surface area contributed by atoms with Crippen molar-refractivity contribution in [1.29, 1.82) is 0 Å². The predicted octanol–water partition coefficient (Wildman–Crippen LogP) is 5.88. The van der Waals surface area contributed by atoms with E-state index in [1.165, 1.54) is 51.4 Å². The van der Waals surface area contributed by atoms with Gasteiger partial charge in [0, 0.05) is 6.42 Å². The Hall–Kier alpha value is -1.05. The van der Waals surface area contributed by atoms with Gasteiger partial charge in [0.2, 0.25) is 0 Å². The van der Waals surface area contributed by atoms with Gasteiger partial charge in [0.1, 0.15) is 0 Å². The van der Waals surface area contributed by atoms with Crippen molar-refractivity contribution in [2.45, 2.75) is 84.0 Å². The van der Waals surface area contributed by atoms with Crippen molar-refractivity contribution in [3.05, 3.63) is 24.3 Å². The van der Waals surface area contributed by atoms with Crippen molar-refractivity contribution >= 4 is 5.97 Å². The van der Waals surface area contributed by atoms with E-state index >= 15 is 0 Å². The predicted molar refractivity (Wildman–Crippen MR) is 87.0 cm³/mol. The van der Waals surface area contributed by atoms with Crippen LogP contribution in [0.2, 0.25) is 0 Å². The first kappa shape index (κ1) is 18.9. The largest absolute Gasteiger partial charge is 0.481 e. The van der Waals surface area contributed by atoms with Crippen LogP contribution in [0.25, 0.3) is 0 Å². The lowest BCUT2D eigenvalue weighted by atomic mass is 10.1. The maximum Gasteiger partial charge on any atom is 0.303 e. The Morgan fingerprint density at radius 1 is 0.800 bits per heavy atom. The fraction of sp³-hybridized carbons (Fsp3) is 0.722. The molecule has 2 nitrogen and oxygen atoms in total. The maximum absolute atomic E-state index is 10.3. The summed E-state index contributed by atoms with van der Waals surface area (Å²) in [7, 11) is 0. The Morgan fingerprint density at radius 3 is 1.95 bits per heavy atom. The van der Waals surface area contributed by atoms with Crippen LogP contribution in [0.1, 0.15) is 84.0 Å². The maximum atomic E-state index is 10.3. The minimum Gasteiger partial charge on any atom is -0.481 e. The van der Waals surface area contributed by atoms with Crippen LogP contribution >= 0.6 is 0 Å². The average Bonchev–Trinajstić information content (AvgIpc) is 2.43. The molecule has 2 heteroatoms. The Kier molecular flexibility index (Phi) is 15.2. The van der Waals surface area contributed by atoms with Gasteiger partial charge in [-0.05, 0) is 32.1 Å². The highest BCUT2D eigenvalue weighted by Crippen LogP contribution is 2.09. The second kappa shape index (κ2) is 16.0.